The van der Waals surface area contributed by atoms with Gasteiger partial charge in [-0.2, -0.15) is 0 Å². The normalized spacial score (nSPS) is 13.4. The van der Waals surface area contributed by atoms with E-state index in [2.05, 4.69) is 5.32 Å². The van der Waals surface area contributed by atoms with E-state index < -0.39 is 12.0 Å². The molecular weight excluding hydrogens is 244 g/mol. The van der Waals surface area contributed by atoms with Gasteiger partial charge in [-0.3, -0.25) is 9.59 Å². The molecule has 1 aromatic carbocycles. The van der Waals surface area contributed by atoms with Gasteiger partial charge in [0.1, 0.15) is 0 Å². The summed E-state index contributed by atoms with van der Waals surface area (Å²) in [5.74, 6) is -1.15. The SMILES string of the molecule is CCOC(=O)C(CNC(=O)[C@@H](C)N)c1ccccc1. The van der Waals surface area contributed by atoms with Crippen molar-refractivity contribution in [1.82, 2.24) is 5.32 Å². The van der Waals surface area contributed by atoms with E-state index in [9.17, 15) is 9.59 Å². The van der Waals surface area contributed by atoms with Gasteiger partial charge in [-0.25, -0.2) is 0 Å². The highest BCUT2D eigenvalue weighted by molar-refractivity contribution is 5.83. The molecule has 2 atom stereocenters. The Morgan fingerprint density at radius 1 is 1.32 bits per heavy atom. The van der Waals surface area contributed by atoms with Crippen molar-refractivity contribution in [2.45, 2.75) is 25.8 Å². The molecule has 0 spiro atoms. The first-order valence-electron chi connectivity index (χ1n) is 6.31. The lowest BCUT2D eigenvalue weighted by Gasteiger charge is -2.17. The summed E-state index contributed by atoms with van der Waals surface area (Å²) >= 11 is 0. The van der Waals surface area contributed by atoms with Gasteiger partial charge in [-0.1, -0.05) is 30.3 Å². The number of rotatable bonds is 6. The molecular formula is C14H20N2O3. The number of hydrogen-bond acceptors (Lipinski definition) is 4. The maximum absolute atomic E-state index is 11.9. The van der Waals surface area contributed by atoms with Crippen molar-refractivity contribution in [2.75, 3.05) is 13.2 Å². The molecule has 0 saturated heterocycles. The van der Waals surface area contributed by atoms with E-state index in [-0.39, 0.29) is 18.4 Å². The number of nitrogens with two attached hydrogens (primary N) is 1. The van der Waals surface area contributed by atoms with Gasteiger partial charge >= 0.3 is 5.97 Å². The molecule has 0 aromatic heterocycles. The van der Waals surface area contributed by atoms with E-state index in [0.717, 1.165) is 5.56 Å². The van der Waals surface area contributed by atoms with E-state index in [1.165, 1.54) is 0 Å². The Hall–Kier alpha value is -1.88. The van der Waals surface area contributed by atoms with Gasteiger partial charge in [0, 0.05) is 6.54 Å². The summed E-state index contributed by atoms with van der Waals surface area (Å²) < 4.78 is 5.03. The van der Waals surface area contributed by atoms with Crippen molar-refractivity contribution >= 4 is 11.9 Å². The van der Waals surface area contributed by atoms with Crippen LogP contribution in [0.25, 0.3) is 0 Å². The number of carbonyl (C=O) groups excluding carboxylic acids is 2. The Balaban J connectivity index is 2.76. The van der Waals surface area contributed by atoms with Gasteiger partial charge in [0.2, 0.25) is 5.91 Å². The number of esters is 1. The predicted molar refractivity (Wildman–Crippen MR) is 72.5 cm³/mol. The molecule has 0 aliphatic heterocycles. The van der Waals surface area contributed by atoms with E-state index in [4.69, 9.17) is 10.5 Å². The fourth-order valence-electron chi connectivity index (χ4n) is 1.63. The molecule has 0 radical (unpaired) electrons. The first-order chi connectivity index (χ1) is 9.06. The van der Waals surface area contributed by atoms with E-state index >= 15 is 0 Å². The number of amides is 1. The molecule has 0 heterocycles. The van der Waals surface area contributed by atoms with Crippen LogP contribution in [-0.2, 0) is 14.3 Å². The number of hydrogen-bond donors (Lipinski definition) is 2. The molecule has 1 amide bonds. The van der Waals surface area contributed by atoms with Gasteiger partial charge in [0.25, 0.3) is 0 Å². The molecule has 1 unspecified atom stereocenters. The lowest BCUT2D eigenvalue weighted by Crippen LogP contribution is -2.41. The van der Waals surface area contributed by atoms with Crippen molar-refractivity contribution in [3.63, 3.8) is 0 Å². The third kappa shape index (κ3) is 4.71. The summed E-state index contributed by atoms with van der Waals surface area (Å²) in [7, 11) is 0. The van der Waals surface area contributed by atoms with Gasteiger partial charge in [0.15, 0.2) is 0 Å². The molecule has 0 fully saturated rings. The van der Waals surface area contributed by atoms with Crippen LogP contribution in [0.2, 0.25) is 0 Å². The van der Waals surface area contributed by atoms with Crippen LogP contribution in [0.15, 0.2) is 30.3 Å². The Bertz CT molecular complexity index is 418. The zero-order chi connectivity index (χ0) is 14.3. The van der Waals surface area contributed by atoms with Crippen LogP contribution in [0, 0.1) is 0 Å². The van der Waals surface area contributed by atoms with Crippen LogP contribution >= 0.6 is 0 Å². The highest BCUT2D eigenvalue weighted by atomic mass is 16.5. The Morgan fingerprint density at radius 2 is 1.95 bits per heavy atom. The summed E-state index contributed by atoms with van der Waals surface area (Å²) in [6, 6.07) is 8.62. The molecule has 0 saturated carbocycles. The highest BCUT2D eigenvalue weighted by Crippen LogP contribution is 2.16. The molecule has 5 nitrogen and oxygen atoms in total. The Morgan fingerprint density at radius 3 is 2.47 bits per heavy atom. The van der Waals surface area contributed by atoms with Gasteiger partial charge in [-0.05, 0) is 19.4 Å². The summed E-state index contributed by atoms with van der Waals surface area (Å²) in [6.45, 7) is 3.84. The number of benzene rings is 1. The summed E-state index contributed by atoms with van der Waals surface area (Å²) in [4.78, 5) is 23.4. The minimum absolute atomic E-state index is 0.184. The second-order valence-electron chi connectivity index (χ2n) is 4.25. The van der Waals surface area contributed by atoms with E-state index in [1.807, 2.05) is 30.3 Å². The van der Waals surface area contributed by atoms with Crippen molar-refractivity contribution in [1.29, 1.82) is 0 Å². The standard InChI is InChI=1S/C14H20N2O3/c1-3-19-14(18)12(9-16-13(17)10(2)15)11-7-5-4-6-8-11/h4-8,10,12H,3,9,15H2,1-2H3,(H,16,17)/t10-,12?/m1/s1. The molecule has 3 N–H and O–H groups in total. The average molecular weight is 264 g/mol. The van der Waals surface area contributed by atoms with Gasteiger partial charge in [0.05, 0.1) is 18.6 Å². The molecule has 104 valence electrons. The van der Waals surface area contributed by atoms with Crippen molar-refractivity contribution in [3.05, 3.63) is 35.9 Å². The van der Waals surface area contributed by atoms with Gasteiger partial charge < -0.3 is 15.8 Å². The van der Waals surface area contributed by atoms with Crippen molar-refractivity contribution in [3.8, 4) is 0 Å². The maximum Gasteiger partial charge on any atom is 0.315 e. The van der Waals surface area contributed by atoms with Crippen LogP contribution in [0.4, 0.5) is 0 Å². The lowest BCUT2D eigenvalue weighted by atomic mass is 9.99. The molecule has 0 bridgehead atoms. The average Bonchev–Trinajstić information content (AvgIpc) is 2.40. The van der Waals surface area contributed by atoms with Crippen LogP contribution < -0.4 is 11.1 Å². The smallest absolute Gasteiger partial charge is 0.315 e. The summed E-state index contributed by atoms with van der Waals surface area (Å²) in [6.07, 6.45) is 0. The second-order valence-corrected chi connectivity index (χ2v) is 4.25. The minimum Gasteiger partial charge on any atom is -0.465 e. The molecule has 0 aliphatic carbocycles. The molecule has 0 aliphatic rings. The summed E-state index contributed by atoms with van der Waals surface area (Å²) in [5, 5.41) is 2.66. The summed E-state index contributed by atoms with van der Waals surface area (Å²) in [5.41, 5.74) is 6.28. The fourth-order valence-corrected chi connectivity index (χ4v) is 1.63. The van der Waals surface area contributed by atoms with Crippen LogP contribution in [0.3, 0.4) is 0 Å². The van der Waals surface area contributed by atoms with Crippen LogP contribution in [0.5, 0.6) is 0 Å². The fraction of sp³-hybridized carbons (Fsp3) is 0.429. The Labute approximate surface area is 113 Å². The monoisotopic (exact) mass is 264 g/mol. The predicted octanol–water partition coefficient (Wildman–Crippen LogP) is 0.797. The number of nitrogens with one attached hydrogen (secondary N) is 1. The zero-order valence-electron chi connectivity index (χ0n) is 11.3. The lowest BCUT2D eigenvalue weighted by molar-refractivity contribution is -0.144. The first-order valence-corrected chi connectivity index (χ1v) is 6.31. The zero-order valence-corrected chi connectivity index (χ0v) is 11.3. The van der Waals surface area contributed by atoms with Crippen LogP contribution in [0.1, 0.15) is 25.3 Å². The Kier molecular flexibility index (Phi) is 6.02. The maximum atomic E-state index is 11.9. The first kappa shape index (κ1) is 15.2. The second kappa shape index (κ2) is 7.53. The highest BCUT2D eigenvalue weighted by Gasteiger charge is 2.22. The van der Waals surface area contributed by atoms with E-state index in [0.29, 0.717) is 6.61 Å². The third-order valence-electron chi connectivity index (χ3n) is 2.67. The van der Waals surface area contributed by atoms with Gasteiger partial charge in [-0.15, -0.1) is 0 Å². The number of ether oxygens (including phenoxy) is 1. The molecule has 1 rings (SSSR count). The topological polar surface area (TPSA) is 81.4 Å². The quantitative estimate of drug-likeness (QED) is 0.745. The molecule has 5 heteroatoms. The molecule has 1 aromatic rings. The van der Waals surface area contributed by atoms with Crippen molar-refractivity contribution in [2.24, 2.45) is 5.73 Å². The largest absolute Gasteiger partial charge is 0.465 e. The number of carbonyl (C=O) groups is 2. The molecule has 19 heavy (non-hydrogen) atoms. The van der Waals surface area contributed by atoms with Crippen LogP contribution in [-0.4, -0.2) is 31.1 Å². The third-order valence-corrected chi connectivity index (χ3v) is 2.67. The van der Waals surface area contributed by atoms with Crippen molar-refractivity contribution < 1.29 is 14.3 Å². The van der Waals surface area contributed by atoms with E-state index in [1.54, 1.807) is 13.8 Å². The minimum atomic E-state index is -0.599.